The van der Waals surface area contributed by atoms with Crippen LogP contribution in [0.5, 0.6) is 11.5 Å². The lowest BCUT2D eigenvalue weighted by Gasteiger charge is -2.12. The van der Waals surface area contributed by atoms with Crippen molar-refractivity contribution in [2.75, 3.05) is 6.79 Å². The highest BCUT2D eigenvalue weighted by Crippen LogP contribution is 2.43. The van der Waals surface area contributed by atoms with Gasteiger partial charge in [-0.25, -0.2) is 4.79 Å². The van der Waals surface area contributed by atoms with E-state index < -0.39 is 17.5 Å². The first-order chi connectivity index (χ1) is 7.43. The van der Waals surface area contributed by atoms with E-state index in [1.54, 1.807) is 0 Å². The summed E-state index contributed by atoms with van der Waals surface area (Å²) in [7, 11) is 0. The van der Waals surface area contributed by atoms with Crippen molar-refractivity contribution in [3.8, 4) is 11.5 Å². The van der Waals surface area contributed by atoms with Crippen LogP contribution >= 0.6 is 11.6 Å². The van der Waals surface area contributed by atoms with E-state index in [1.807, 2.05) is 0 Å². The minimum atomic E-state index is -4.01. The first kappa shape index (κ1) is 10.9. The number of fused-ring (bicyclic) bond motifs is 1. The van der Waals surface area contributed by atoms with E-state index in [-0.39, 0.29) is 23.3 Å². The van der Waals surface area contributed by atoms with Crippen molar-refractivity contribution in [2.45, 2.75) is 5.92 Å². The van der Waals surface area contributed by atoms with Crippen molar-refractivity contribution in [3.63, 3.8) is 0 Å². The Morgan fingerprint density at radius 2 is 2.12 bits per heavy atom. The molecule has 1 aliphatic rings. The third-order valence-electron chi connectivity index (χ3n) is 2.06. The Balaban J connectivity index is 2.52. The van der Waals surface area contributed by atoms with Gasteiger partial charge in [0, 0.05) is 5.56 Å². The third-order valence-corrected chi connectivity index (χ3v) is 2.34. The minimum absolute atomic E-state index is 0.0171. The van der Waals surface area contributed by atoms with Gasteiger partial charge in [0.25, 0.3) is 0 Å². The highest BCUT2D eigenvalue weighted by molar-refractivity contribution is 6.32. The van der Waals surface area contributed by atoms with Crippen molar-refractivity contribution in [1.29, 1.82) is 0 Å². The van der Waals surface area contributed by atoms with Crippen LogP contribution in [0.2, 0.25) is 5.02 Å². The van der Waals surface area contributed by atoms with Gasteiger partial charge in [0.05, 0.1) is 5.02 Å². The lowest BCUT2D eigenvalue weighted by molar-refractivity contribution is -0.166. The smallest absolute Gasteiger partial charge is 0.379 e. The van der Waals surface area contributed by atoms with Crippen LogP contribution in [0.15, 0.2) is 12.1 Å². The Bertz CT molecular complexity index is 461. The van der Waals surface area contributed by atoms with Gasteiger partial charge in [-0.05, 0) is 12.1 Å². The molecule has 0 saturated carbocycles. The maximum atomic E-state index is 13.2. The summed E-state index contributed by atoms with van der Waals surface area (Å²) in [5.74, 6) is -6.09. The van der Waals surface area contributed by atoms with Crippen LogP contribution in [0.25, 0.3) is 0 Å². The van der Waals surface area contributed by atoms with Gasteiger partial charge in [-0.15, -0.1) is 0 Å². The Hall–Kier alpha value is -1.56. The molecule has 2 rings (SSSR count). The zero-order valence-corrected chi connectivity index (χ0v) is 8.42. The molecule has 16 heavy (non-hydrogen) atoms. The number of benzene rings is 1. The van der Waals surface area contributed by atoms with Crippen molar-refractivity contribution >= 4 is 17.6 Å². The summed E-state index contributed by atoms with van der Waals surface area (Å²) in [4.78, 5) is 10.4. The average molecular weight is 251 g/mol. The summed E-state index contributed by atoms with van der Waals surface area (Å²) in [5, 5.41) is 8.26. The van der Waals surface area contributed by atoms with E-state index in [2.05, 4.69) is 0 Å². The lowest BCUT2D eigenvalue weighted by atomic mass is 10.1. The molecule has 0 bridgehead atoms. The topological polar surface area (TPSA) is 55.8 Å². The van der Waals surface area contributed by atoms with Gasteiger partial charge in [-0.2, -0.15) is 8.78 Å². The van der Waals surface area contributed by atoms with E-state index in [9.17, 15) is 13.6 Å². The van der Waals surface area contributed by atoms with Crippen molar-refractivity contribution < 1.29 is 28.2 Å². The molecule has 0 fully saturated rings. The summed E-state index contributed by atoms with van der Waals surface area (Å²) >= 11 is 5.65. The van der Waals surface area contributed by atoms with Gasteiger partial charge in [0.2, 0.25) is 6.79 Å². The number of aliphatic carboxylic acids is 1. The van der Waals surface area contributed by atoms with Crippen molar-refractivity contribution in [3.05, 3.63) is 22.7 Å². The molecule has 1 aliphatic heterocycles. The first-order valence-electron chi connectivity index (χ1n) is 4.13. The van der Waals surface area contributed by atoms with E-state index in [4.69, 9.17) is 26.2 Å². The molecule has 0 aliphatic carbocycles. The molecule has 86 valence electrons. The number of ether oxygens (including phenoxy) is 2. The Morgan fingerprint density at radius 1 is 1.44 bits per heavy atom. The Morgan fingerprint density at radius 3 is 2.75 bits per heavy atom. The monoisotopic (exact) mass is 250 g/mol. The molecule has 7 heteroatoms. The van der Waals surface area contributed by atoms with Crippen LogP contribution in [0.3, 0.4) is 0 Å². The van der Waals surface area contributed by atoms with Crippen LogP contribution in [0, 0.1) is 0 Å². The Kier molecular flexibility index (Phi) is 2.38. The zero-order chi connectivity index (χ0) is 11.9. The predicted molar refractivity (Wildman–Crippen MR) is 49.1 cm³/mol. The van der Waals surface area contributed by atoms with Gasteiger partial charge in [0.1, 0.15) is 0 Å². The highest BCUT2D eigenvalue weighted by Gasteiger charge is 2.42. The molecule has 0 spiro atoms. The van der Waals surface area contributed by atoms with Gasteiger partial charge in [-0.3, -0.25) is 0 Å². The minimum Gasteiger partial charge on any atom is -0.477 e. The molecule has 1 heterocycles. The lowest BCUT2D eigenvalue weighted by Crippen LogP contribution is -2.25. The quantitative estimate of drug-likeness (QED) is 0.875. The summed E-state index contributed by atoms with van der Waals surface area (Å²) in [6, 6.07) is 1.76. The van der Waals surface area contributed by atoms with Crippen LogP contribution in [-0.2, 0) is 10.7 Å². The summed E-state index contributed by atoms with van der Waals surface area (Å²) in [6.07, 6.45) is 0. The van der Waals surface area contributed by atoms with E-state index >= 15 is 0 Å². The largest absolute Gasteiger partial charge is 0.477 e. The molecule has 0 aromatic heterocycles. The average Bonchev–Trinajstić information content (AvgIpc) is 2.65. The molecule has 0 unspecified atom stereocenters. The highest BCUT2D eigenvalue weighted by atomic mass is 35.5. The zero-order valence-electron chi connectivity index (χ0n) is 7.67. The van der Waals surface area contributed by atoms with Crippen LogP contribution in [0.1, 0.15) is 5.56 Å². The van der Waals surface area contributed by atoms with E-state index in [0.29, 0.717) is 0 Å². The number of hydrogen-bond donors (Lipinski definition) is 1. The van der Waals surface area contributed by atoms with Gasteiger partial charge < -0.3 is 14.6 Å². The fraction of sp³-hybridized carbons (Fsp3) is 0.222. The molecule has 0 radical (unpaired) electrons. The van der Waals surface area contributed by atoms with E-state index in [0.717, 1.165) is 12.1 Å². The maximum absolute atomic E-state index is 13.2. The van der Waals surface area contributed by atoms with Crippen LogP contribution in [-0.4, -0.2) is 17.9 Å². The van der Waals surface area contributed by atoms with E-state index in [1.165, 1.54) is 0 Å². The number of hydrogen-bond acceptors (Lipinski definition) is 3. The standard InChI is InChI=1S/C9H5ClF2O4/c10-5-1-4(9(11,12)8(13)14)2-6-7(5)16-3-15-6/h1-2H,3H2,(H,13,14). The first-order valence-corrected chi connectivity index (χ1v) is 4.51. The number of rotatable bonds is 2. The number of carboxylic acid groups (broad SMARTS) is 1. The molecule has 0 amide bonds. The second-order valence-electron chi connectivity index (χ2n) is 3.07. The van der Waals surface area contributed by atoms with Crippen LogP contribution in [0.4, 0.5) is 8.78 Å². The second kappa shape index (κ2) is 3.48. The summed E-state index contributed by atoms with van der Waals surface area (Å²) in [5.41, 5.74) is -0.741. The molecule has 1 aromatic carbocycles. The number of alkyl halides is 2. The molecular formula is C9H5ClF2O4. The predicted octanol–water partition coefficient (Wildman–Crippen LogP) is 2.25. The van der Waals surface area contributed by atoms with Crippen molar-refractivity contribution in [2.24, 2.45) is 0 Å². The third kappa shape index (κ3) is 1.55. The molecule has 1 aromatic rings. The van der Waals surface area contributed by atoms with Gasteiger partial charge >= 0.3 is 11.9 Å². The Labute approximate surface area is 93.3 Å². The van der Waals surface area contributed by atoms with Gasteiger partial charge in [0.15, 0.2) is 11.5 Å². The number of carbonyl (C=O) groups is 1. The summed E-state index contributed by atoms with van der Waals surface area (Å²) in [6.45, 7) is -0.128. The van der Waals surface area contributed by atoms with Crippen molar-refractivity contribution in [1.82, 2.24) is 0 Å². The molecule has 1 N–H and O–H groups in total. The second-order valence-corrected chi connectivity index (χ2v) is 3.48. The maximum Gasteiger partial charge on any atom is 0.379 e. The molecule has 4 nitrogen and oxygen atoms in total. The SMILES string of the molecule is O=C(O)C(F)(F)c1cc(Cl)c2c(c1)OCO2. The molecular weight excluding hydrogens is 246 g/mol. The normalized spacial score (nSPS) is 13.9. The fourth-order valence-corrected chi connectivity index (χ4v) is 1.54. The number of halogens is 3. The summed E-state index contributed by atoms with van der Waals surface area (Å²) < 4.78 is 36.1. The molecule has 0 atom stereocenters. The fourth-order valence-electron chi connectivity index (χ4n) is 1.27. The molecule has 0 saturated heterocycles. The number of carboxylic acids is 1. The van der Waals surface area contributed by atoms with Gasteiger partial charge in [-0.1, -0.05) is 11.6 Å². The van der Waals surface area contributed by atoms with Crippen LogP contribution < -0.4 is 9.47 Å².